The molecule has 4 nitrogen and oxygen atoms in total. The predicted octanol–water partition coefficient (Wildman–Crippen LogP) is 3.34. The molecule has 0 aliphatic carbocycles. The van der Waals surface area contributed by atoms with E-state index in [0.717, 1.165) is 10.9 Å². The Labute approximate surface area is 123 Å². The van der Waals surface area contributed by atoms with E-state index in [4.69, 9.17) is 25.8 Å². The van der Waals surface area contributed by atoms with Crippen molar-refractivity contribution in [1.82, 2.24) is 4.98 Å². The molecule has 19 heavy (non-hydrogen) atoms. The summed E-state index contributed by atoms with van der Waals surface area (Å²) in [6.45, 7) is 0.975. The van der Waals surface area contributed by atoms with E-state index in [1.54, 1.807) is 26.5 Å². The van der Waals surface area contributed by atoms with Gasteiger partial charge in [0, 0.05) is 24.8 Å². The third-order valence-electron chi connectivity index (χ3n) is 2.52. The van der Waals surface area contributed by atoms with Gasteiger partial charge in [0.15, 0.2) is 11.5 Å². The summed E-state index contributed by atoms with van der Waals surface area (Å²) in [7, 11) is 3.22. The average molecular weight is 304 g/mol. The Balaban J connectivity index is 0.00000180. The molecular formula is C13H15Cl2NO3. The first kappa shape index (κ1) is 15.8. The summed E-state index contributed by atoms with van der Waals surface area (Å²) >= 11 is 6.11. The maximum atomic E-state index is 6.11. The maximum absolute atomic E-state index is 6.11. The van der Waals surface area contributed by atoms with Gasteiger partial charge in [-0.2, -0.15) is 0 Å². The number of aromatic nitrogens is 1. The Morgan fingerprint density at radius 1 is 1.16 bits per heavy atom. The van der Waals surface area contributed by atoms with Gasteiger partial charge in [0.1, 0.15) is 6.61 Å². The van der Waals surface area contributed by atoms with Gasteiger partial charge in [-0.05, 0) is 12.1 Å². The van der Waals surface area contributed by atoms with Gasteiger partial charge in [0.25, 0.3) is 0 Å². The summed E-state index contributed by atoms with van der Waals surface area (Å²) in [5.41, 5.74) is 0.774. The fourth-order valence-corrected chi connectivity index (χ4v) is 1.84. The lowest BCUT2D eigenvalue weighted by molar-refractivity contribution is 0.144. The number of pyridine rings is 1. The summed E-state index contributed by atoms with van der Waals surface area (Å²) in [5, 5.41) is 1.48. The number of halogens is 2. The van der Waals surface area contributed by atoms with E-state index in [1.165, 1.54) is 0 Å². The second-order valence-electron chi connectivity index (χ2n) is 3.65. The van der Waals surface area contributed by atoms with Crippen molar-refractivity contribution in [3.8, 4) is 11.5 Å². The van der Waals surface area contributed by atoms with Gasteiger partial charge in [-0.1, -0.05) is 11.6 Å². The molecule has 0 saturated carbocycles. The molecule has 0 N–H and O–H groups in total. The lowest BCUT2D eigenvalue weighted by Gasteiger charge is -2.11. The van der Waals surface area contributed by atoms with Crippen LogP contribution in [0.3, 0.4) is 0 Å². The van der Waals surface area contributed by atoms with Crippen molar-refractivity contribution >= 4 is 34.9 Å². The Bertz CT molecular complexity index is 549. The van der Waals surface area contributed by atoms with E-state index in [9.17, 15) is 0 Å². The van der Waals surface area contributed by atoms with Crippen LogP contribution in [0, 0.1) is 0 Å². The quantitative estimate of drug-likeness (QED) is 0.794. The highest BCUT2D eigenvalue weighted by Gasteiger charge is 2.09. The molecule has 0 radical (unpaired) electrons. The first-order chi connectivity index (χ1) is 8.76. The number of benzene rings is 1. The number of rotatable bonds is 5. The van der Waals surface area contributed by atoms with Crippen LogP contribution in [-0.4, -0.2) is 32.4 Å². The molecule has 1 heterocycles. The SMILES string of the molecule is COCCOc1cc2nccc(Cl)c2cc1OC.Cl. The number of hydrogen-bond donors (Lipinski definition) is 0. The first-order valence-corrected chi connectivity index (χ1v) is 5.88. The molecule has 0 aliphatic rings. The normalized spacial score (nSPS) is 10.1. The summed E-state index contributed by atoms with van der Waals surface area (Å²) in [6.07, 6.45) is 1.66. The van der Waals surface area contributed by atoms with Crippen molar-refractivity contribution in [2.75, 3.05) is 27.4 Å². The molecule has 0 bridgehead atoms. The number of fused-ring (bicyclic) bond motifs is 1. The topological polar surface area (TPSA) is 40.6 Å². The second-order valence-corrected chi connectivity index (χ2v) is 4.06. The molecule has 1 aromatic carbocycles. The Hall–Kier alpha value is -1.23. The zero-order valence-corrected chi connectivity index (χ0v) is 12.3. The lowest BCUT2D eigenvalue weighted by atomic mass is 10.2. The van der Waals surface area contributed by atoms with E-state index in [0.29, 0.717) is 29.7 Å². The van der Waals surface area contributed by atoms with Crippen molar-refractivity contribution in [3.05, 3.63) is 29.4 Å². The van der Waals surface area contributed by atoms with Crippen LogP contribution < -0.4 is 9.47 Å². The van der Waals surface area contributed by atoms with Gasteiger partial charge in [-0.25, -0.2) is 0 Å². The molecular weight excluding hydrogens is 289 g/mol. The third-order valence-corrected chi connectivity index (χ3v) is 2.85. The second kappa shape index (κ2) is 7.38. The van der Waals surface area contributed by atoms with Crippen LogP contribution in [0.4, 0.5) is 0 Å². The largest absolute Gasteiger partial charge is 0.493 e. The summed E-state index contributed by atoms with van der Waals surface area (Å²) in [4.78, 5) is 4.26. The van der Waals surface area contributed by atoms with Crippen LogP contribution in [0.2, 0.25) is 5.02 Å². The fourth-order valence-electron chi connectivity index (χ4n) is 1.63. The highest BCUT2D eigenvalue weighted by atomic mass is 35.5. The van der Waals surface area contributed by atoms with Crippen molar-refractivity contribution in [3.63, 3.8) is 0 Å². The molecule has 2 rings (SSSR count). The van der Waals surface area contributed by atoms with E-state index >= 15 is 0 Å². The summed E-state index contributed by atoms with van der Waals surface area (Å²) in [6, 6.07) is 5.39. The third kappa shape index (κ3) is 3.62. The van der Waals surface area contributed by atoms with Crippen LogP contribution in [-0.2, 0) is 4.74 Å². The van der Waals surface area contributed by atoms with Crippen LogP contribution >= 0.6 is 24.0 Å². The maximum Gasteiger partial charge on any atom is 0.163 e. The standard InChI is InChI=1S/C13H14ClNO3.ClH/c1-16-5-6-18-13-8-11-9(7-12(13)17-2)10(14)3-4-15-11;/h3-4,7-8H,5-6H2,1-2H3;1H. The minimum atomic E-state index is 0. The number of hydrogen-bond acceptors (Lipinski definition) is 4. The Morgan fingerprint density at radius 3 is 2.63 bits per heavy atom. The molecule has 0 atom stereocenters. The lowest BCUT2D eigenvalue weighted by Crippen LogP contribution is -2.05. The zero-order chi connectivity index (χ0) is 13.0. The average Bonchev–Trinajstić information content (AvgIpc) is 2.39. The Kier molecular flexibility index (Phi) is 6.15. The number of methoxy groups -OCH3 is 2. The van der Waals surface area contributed by atoms with Gasteiger partial charge < -0.3 is 14.2 Å². The smallest absolute Gasteiger partial charge is 0.163 e. The molecule has 6 heteroatoms. The minimum absolute atomic E-state index is 0. The zero-order valence-electron chi connectivity index (χ0n) is 10.7. The highest BCUT2D eigenvalue weighted by Crippen LogP contribution is 2.34. The molecule has 0 spiro atoms. The fraction of sp³-hybridized carbons (Fsp3) is 0.308. The van der Waals surface area contributed by atoms with Crippen LogP contribution in [0.15, 0.2) is 24.4 Å². The number of ether oxygens (including phenoxy) is 3. The Morgan fingerprint density at radius 2 is 1.95 bits per heavy atom. The van der Waals surface area contributed by atoms with E-state index in [-0.39, 0.29) is 12.4 Å². The van der Waals surface area contributed by atoms with Gasteiger partial charge in [-0.15, -0.1) is 12.4 Å². The molecule has 2 aromatic rings. The van der Waals surface area contributed by atoms with Gasteiger partial charge in [0.2, 0.25) is 0 Å². The van der Waals surface area contributed by atoms with Crippen molar-refractivity contribution in [2.24, 2.45) is 0 Å². The molecule has 0 amide bonds. The summed E-state index contributed by atoms with van der Waals surface area (Å²) in [5.74, 6) is 1.27. The molecule has 0 aliphatic heterocycles. The molecule has 0 unspecified atom stereocenters. The van der Waals surface area contributed by atoms with E-state index < -0.39 is 0 Å². The van der Waals surface area contributed by atoms with Gasteiger partial charge >= 0.3 is 0 Å². The van der Waals surface area contributed by atoms with E-state index in [1.807, 2.05) is 12.1 Å². The van der Waals surface area contributed by atoms with E-state index in [2.05, 4.69) is 4.98 Å². The van der Waals surface area contributed by atoms with Crippen LogP contribution in [0.5, 0.6) is 11.5 Å². The van der Waals surface area contributed by atoms with Crippen molar-refractivity contribution < 1.29 is 14.2 Å². The first-order valence-electron chi connectivity index (χ1n) is 5.50. The van der Waals surface area contributed by atoms with Crippen LogP contribution in [0.25, 0.3) is 10.9 Å². The highest BCUT2D eigenvalue weighted by molar-refractivity contribution is 6.35. The van der Waals surface area contributed by atoms with Gasteiger partial charge in [-0.3, -0.25) is 4.98 Å². The minimum Gasteiger partial charge on any atom is -0.493 e. The van der Waals surface area contributed by atoms with Crippen molar-refractivity contribution in [2.45, 2.75) is 0 Å². The van der Waals surface area contributed by atoms with Crippen LogP contribution in [0.1, 0.15) is 0 Å². The molecule has 0 saturated heterocycles. The molecule has 104 valence electrons. The monoisotopic (exact) mass is 303 g/mol. The van der Waals surface area contributed by atoms with Gasteiger partial charge in [0.05, 0.1) is 24.3 Å². The number of nitrogens with zero attached hydrogens (tertiary/aromatic N) is 1. The molecule has 0 fully saturated rings. The molecule has 1 aromatic heterocycles. The van der Waals surface area contributed by atoms with Crippen molar-refractivity contribution in [1.29, 1.82) is 0 Å². The summed E-state index contributed by atoms with van der Waals surface area (Å²) < 4.78 is 15.8. The predicted molar refractivity (Wildman–Crippen MR) is 77.9 cm³/mol.